The molecular formula is C15H21N3O3S. The van der Waals surface area contributed by atoms with Gasteiger partial charge < -0.3 is 15.4 Å². The number of hydrogen-bond donors (Lipinski definition) is 3. The molecule has 0 unspecified atom stereocenters. The number of thiocarbonyl (C=S) groups is 1. The minimum Gasteiger partial charge on any atom is -0.453 e. The lowest BCUT2D eigenvalue weighted by Gasteiger charge is -2.15. The third kappa shape index (κ3) is 6.09. The summed E-state index contributed by atoms with van der Waals surface area (Å²) >= 11 is 5.05. The van der Waals surface area contributed by atoms with Crippen molar-refractivity contribution in [3.05, 3.63) is 23.8 Å². The van der Waals surface area contributed by atoms with Gasteiger partial charge in [0.25, 0.3) is 0 Å². The Balaban J connectivity index is 2.92. The van der Waals surface area contributed by atoms with Crippen LogP contribution in [-0.2, 0) is 16.0 Å². The molecule has 1 aromatic carbocycles. The van der Waals surface area contributed by atoms with E-state index in [1.54, 1.807) is 0 Å². The maximum atomic E-state index is 11.3. The lowest BCUT2D eigenvalue weighted by molar-refractivity contribution is -0.114. The molecule has 0 aliphatic rings. The fourth-order valence-corrected chi connectivity index (χ4v) is 2.02. The second kappa shape index (κ2) is 8.99. The Kier molecular flexibility index (Phi) is 7.31. The van der Waals surface area contributed by atoms with Gasteiger partial charge in [0, 0.05) is 6.92 Å². The molecule has 1 aromatic rings. The lowest BCUT2D eigenvalue weighted by atomic mass is 10.1. The highest BCUT2D eigenvalue weighted by molar-refractivity contribution is 7.80. The summed E-state index contributed by atoms with van der Waals surface area (Å²) in [6.07, 6.45) is 2.45. The van der Waals surface area contributed by atoms with Crippen LogP contribution in [0.25, 0.3) is 0 Å². The van der Waals surface area contributed by atoms with Crippen LogP contribution >= 0.6 is 12.2 Å². The van der Waals surface area contributed by atoms with Gasteiger partial charge in [-0.3, -0.25) is 10.1 Å². The minimum atomic E-state index is -0.652. The smallest absolute Gasteiger partial charge is 0.413 e. The monoisotopic (exact) mass is 323 g/mol. The van der Waals surface area contributed by atoms with Gasteiger partial charge >= 0.3 is 6.09 Å². The highest BCUT2D eigenvalue weighted by atomic mass is 32.1. The van der Waals surface area contributed by atoms with Gasteiger partial charge in [-0.05, 0) is 42.8 Å². The Morgan fingerprint density at radius 2 is 1.95 bits per heavy atom. The first-order valence-electron chi connectivity index (χ1n) is 7.02. The predicted molar refractivity (Wildman–Crippen MR) is 91.1 cm³/mol. The number of nitrogens with one attached hydrogen (secondary N) is 3. The molecular weight excluding hydrogens is 302 g/mol. The average molecular weight is 323 g/mol. The van der Waals surface area contributed by atoms with E-state index in [2.05, 4.69) is 27.6 Å². The summed E-state index contributed by atoms with van der Waals surface area (Å²) in [6.45, 7) is 3.56. The first-order valence-corrected chi connectivity index (χ1v) is 7.43. The molecule has 0 aliphatic carbocycles. The largest absolute Gasteiger partial charge is 0.453 e. The number of benzene rings is 1. The van der Waals surface area contributed by atoms with Gasteiger partial charge in [0.1, 0.15) is 0 Å². The van der Waals surface area contributed by atoms with Crippen LogP contribution in [0.15, 0.2) is 18.2 Å². The molecule has 0 heterocycles. The molecule has 0 saturated carbocycles. The summed E-state index contributed by atoms with van der Waals surface area (Å²) < 4.78 is 4.48. The molecule has 0 aromatic heterocycles. The van der Waals surface area contributed by atoms with Crippen molar-refractivity contribution in [2.24, 2.45) is 0 Å². The number of hydrogen-bond acceptors (Lipinski definition) is 4. The van der Waals surface area contributed by atoms with Gasteiger partial charge in [0.2, 0.25) is 5.91 Å². The quantitative estimate of drug-likeness (QED) is 0.726. The third-order valence-corrected chi connectivity index (χ3v) is 3.07. The summed E-state index contributed by atoms with van der Waals surface area (Å²) in [6, 6.07) is 5.69. The van der Waals surface area contributed by atoms with Crippen LogP contribution in [0.2, 0.25) is 0 Å². The lowest BCUT2D eigenvalue weighted by Crippen LogP contribution is -2.34. The molecule has 1 rings (SSSR count). The average Bonchev–Trinajstić information content (AvgIpc) is 2.46. The van der Waals surface area contributed by atoms with Crippen molar-refractivity contribution >= 4 is 40.7 Å². The molecule has 0 radical (unpaired) electrons. The number of amides is 2. The fourth-order valence-electron chi connectivity index (χ4n) is 1.83. The number of rotatable bonds is 5. The predicted octanol–water partition coefficient (Wildman–Crippen LogP) is 3.04. The van der Waals surface area contributed by atoms with Crippen molar-refractivity contribution in [1.82, 2.24) is 5.32 Å². The number of methoxy groups -OCH3 is 1. The summed E-state index contributed by atoms with van der Waals surface area (Å²) in [4.78, 5) is 22.4. The van der Waals surface area contributed by atoms with Crippen LogP contribution in [0, 0.1) is 0 Å². The molecule has 0 spiro atoms. The molecule has 3 N–H and O–H groups in total. The van der Waals surface area contributed by atoms with Crippen molar-refractivity contribution in [2.45, 2.75) is 33.1 Å². The van der Waals surface area contributed by atoms with E-state index in [-0.39, 0.29) is 11.0 Å². The van der Waals surface area contributed by atoms with E-state index in [1.165, 1.54) is 14.0 Å². The number of aryl methyl sites for hydroxylation is 1. The first kappa shape index (κ1) is 17.9. The zero-order valence-corrected chi connectivity index (χ0v) is 13.8. The van der Waals surface area contributed by atoms with Crippen LogP contribution in [0.4, 0.5) is 16.2 Å². The van der Waals surface area contributed by atoms with Crippen LogP contribution in [-0.4, -0.2) is 24.2 Å². The molecule has 7 heteroatoms. The number of unbranched alkanes of at least 4 members (excludes halogenated alkanes) is 1. The fraction of sp³-hybridized carbons (Fsp3) is 0.400. The van der Waals surface area contributed by atoms with E-state index >= 15 is 0 Å². The molecule has 0 atom stereocenters. The summed E-state index contributed by atoms with van der Waals surface area (Å²) in [5.74, 6) is -0.184. The van der Waals surface area contributed by atoms with Gasteiger partial charge in [0.15, 0.2) is 5.11 Å². The topological polar surface area (TPSA) is 79.5 Å². The summed E-state index contributed by atoms with van der Waals surface area (Å²) in [5, 5.41) is 8.10. The second-order valence-electron chi connectivity index (χ2n) is 4.74. The molecule has 0 fully saturated rings. The summed E-state index contributed by atoms with van der Waals surface area (Å²) in [7, 11) is 1.26. The molecule has 6 nitrogen and oxygen atoms in total. The number of carbonyl (C=O) groups is 2. The Labute approximate surface area is 135 Å². The van der Waals surface area contributed by atoms with Crippen molar-refractivity contribution in [1.29, 1.82) is 0 Å². The van der Waals surface area contributed by atoms with Gasteiger partial charge in [-0.2, -0.15) is 0 Å². The van der Waals surface area contributed by atoms with E-state index in [0.717, 1.165) is 24.8 Å². The Morgan fingerprint density at radius 3 is 2.55 bits per heavy atom. The second-order valence-corrected chi connectivity index (χ2v) is 5.14. The summed E-state index contributed by atoms with van der Waals surface area (Å²) in [5.41, 5.74) is 2.35. The van der Waals surface area contributed by atoms with Crippen LogP contribution in [0.1, 0.15) is 32.3 Å². The highest BCUT2D eigenvalue weighted by Gasteiger charge is 2.09. The molecule has 120 valence electrons. The standard InChI is InChI=1S/C15H21N3O3S/c1-4-5-6-11-7-8-12(16-10(2)19)13(9-11)17-14(22)18-15(20)21-3/h7-9H,4-6H2,1-3H3,(H,16,19)(H2,17,18,20,22). The Bertz CT molecular complexity index is 561. The van der Waals surface area contributed by atoms with Gasteiger partial charge in [-0.15, -0.1) is 0 Å². The van der Waals surface area contributed by atoms with Gasteiger partial charge in [-0.25, -0.2) is 4.79 Å². The zero-order chi connectivity index (χ0) is 16.5. The van der Waals surface area contributed by atoms with E-state index in [0.29, 0.717) is 11.4 Å². The van der Waals surface area contributed by atoms with Crippen LogP contribution in [0.3, 0.4) is 0 Å². The third-order valence-electron chi connectivity index (χ3n) is 2.86. The van der Waals surface area contributed by atoms with E-state index in [4.69, 9.17) is 12.2 Å². The van der Waals surface area contributed by atoms with Crippen molar-refractivity contribution in [3.63, 3.8) is 0 Å². The number of alkyl carbamates (subject to hydrolysis) is 1. The normalized spacial score (nSPS) is 9.77. The van der Waals surface area contributed by atoms with Gasteiger partial charge in [0.05, 0.1) is 18.5 Å². The SMILES string of the molecule is CCCCc1ccc(NC(C)=O)c(NC(=S)NC(=O)OC)c1. The van der Waals surface area contributed by atoms with Crippen LogP contribution in [0.5, 0.6) is 0 Å². The Morgan fingerprint density at radius 1 is 1.23 bits per heavy atom. The van der Waals surface area contributed by atoms with Gasteiger partial charge in [-0.1, -0.05) is 19.4 Å². The minimum absolute atomic E-state index is 0.103. The highest BCUT2D eigenvalue weighted by Crippen LogP contribution is 2.24. The number of ether oxygens (including phenoxy) is 1. The number of carbonyl (C=O) groups excluding carboxylic acids is 2. The van der Waals surface area contributed by atoms with Crippen LogP contribution < -0.4 is 16.0 Å². The molecule has 2 amide bonds. The van der Waals surface area contributed by atoms with E-state index in [9.17, 15) is 9.59 Å². The molecule has 0 saturated heterocycles. The van der Waals surface area contributed by atoms with Crippen molar-refractivity contribution < 1.29 is 14.3 Å². The maximum absolute atomic E-state index is 11.3. The van der Waals surface area contributed by atoms with Crippen molar-refractivity contribution in [3.8, 4) is 0 Å². The maximum Gasteiger partial charge on any atom is 0.413 e. The molecule has 0 aliphatic heterocycles. The van der Waals surface area contributed by atoms with Crippen molar-refractivity contribution in [2.75, 3.05) is 17.7 Å². The molecule has 22 heavy (non-hydrogen) atoms. The Hall–Kier alpha value is -2.15. The number of anilines is 2. The molecule has 0 bridgehead atoms. The first-order chi connectivity index (χ1) is 10.5. The zero-order valence-electron chi connectivity index (χ0n) is 13.0. The van der Waals surface area contributed by atoms with E-state index in [1.807, 2.05) is 18.2 Å². The van der Waals surface area contributed by atoms with E-state index < -0.39 is 6.09 Å².